The smallest absolute Gasteiger partial charge is 0.0475 e. The lowest BCUT2D eigenvalue weighted by Gasteiger charge is -2.23. The van der Waals surface area contributed by atoms with Gasteiger partial charge in [0.25, 0.3) is 0 Å². The summed E-state index contributed by atoms with van der Waals surface area (Å²) in [7, 11) is 0. The molecular formula is C17H28ClN. The third-order valence-electron chi connectivity index (χ3n) is 3.52. The summed E-state index contributed by atoms with van der Waals surface area (Å²) in [4.78, 5) is 0. The Bertz CT molecular complexity index is 416. The first kappa shape index (κ1) is 16.5. The van der Waals surface area contributed by atoms with Gasteiger partial charge in [-0.2, -0.15) is 0 Å². The lowest BCUT2D eigenvalue weighted by atomic mass is 9.84. The zero-order valence-corrected chi connectivity index (χ0v) is 13.8. The van der Waals surface area contributed by atoms with Crippen LogP contribution < -0.4 is 5.73 Å². The summed E-state index contributed by atoms with van der Waals surface area (Å²) in [6, 6.07) is 4.83. The highest BCUT2D eigenvalue weighted by Crippen LogP contribution is 2.33. The normalized spacial score (nSPS) is 13.6. The van der Waals surface area contributed by atoms with Crippen molar-refractivity contribution < 1.29 is 0 Å². The summed E-state index contributed by atoms with van der Waals surface area (Å²) < 4.78 is 0. The first-order valence-corrected chi connectivity index (χ1v) is 7.70. The predicted molar refractivity (Wildman–Crippen MR) is 86.1 cm³/mol. The van der Waals surface area contributed by atoms with E-state index in [1.54, 1.807) is 0 Å². The van der Waals surface area contributed by atoms with Crippen LogP contribution in [0.5, 0.6) is 0 Å². The maximum Gasteiger partial charge on any atom is 0.0475 e. The first-order valence-electron chi connectivity index (χ1n) is 7.33. The molecule has 0 radical (unpaired) electrons. The van der Waals surface area contributed by atoms with Crippen molar-refractivity contribution in [2.24, 2.45) is 5.73 Å². The third kappa shape index (κ3) is 4.81. The summed E-state index contributed by atoms with van der Waals surface area (Å²) in [5.74, 6) is 0. The second-order valence-corrected chi connectivity index (χ2v) is 6.97. The fourth-order valence-electron chi connectivity index (χ4n) is 2.33. The molecule has 2 heteroatoms. The van der Waals surface area contributed by atoms with E-state index in [1.807, 2.05) is 0 Å². The minimum atomic E-state index is 0.0954. The van der Waals surface area contributed by atoms with Gasteiger partial charge >= 0.3 is 0 Å². The van der Waals surface area contributed by atoms with Crippen LogP contribution in [0.25, 0.3) is 0 Å². The summed E-state index contributed by atoms with van der Waals surface area (Å²) >= 11 is 6.53. The fraction of sp³-hybridized carbons (Fsp3) is 0.647. The van der Waals surface area contributed by atoms with E-state index < -0.39 is 0 Å². The zero-order valence-electron chi connectivity index (χ0n) is 13.0. The standard InChI is InChI=1S/C17H28ClN/c1-6-14-10-13(9-7-8-12(2)19)11-15(16(14)18)17(3,4)5/h10-12H,6-9,19H2,1-5H3/t12-/m0/s1. The molecule has 0 aliphatic rings. The molecule has 0 aliphatic carbocycles. The fourth-order valence-corrected chi connectivity index (χ4v) is 2.85. The largest absolute Gasteiger partial charge is 0.328 e. The van der Waals surface area contributed by atoms with Crippen LogP contribution in [0.1, 0.15) is 64.2 Å². The lowest BCUT2D eigenvalue weighted by molar-refractivity contribution is 0.586. The number of halogens is 1. The summed E-state index contributed by atoms with van der Waals surface area (Å²) in [5, 5.41) is 0.950. The number of nitrogens with two attached hydrogens (primary N) is 1. The SMILES string of the molecule is CCc1cc(CCC[C@H](C)N)cc(C(C)(C)C)c1Cl. The van der Waals surface area contributed by atoms with Crippen molar-refractivity contribution in [3.63, 3.8) is 0 Å². The van der Waals surface area contributed by atoms with E-state index in [4.69, 9.17) is 17.3 Å². The van der Waals surface area contributed by atoms with Gasteiger partial charge in [-0.05, 0) is 54.7 Å². The Morgan fingerprint density at radius 2 is 1.89 bits per heavy atom. The molecule has 2 N–H and O–H groups in total. The van der Waals surface area contributed by atoms with E-state index in [2.05, 4.69) is 46.8 Å². The Hall–Kier alpha value is -0.530. The summed E-state index contributed by atoms with van der Waals surface area (Å²) in [6.07, 6.45) is 4.30. The van der Waals surface area contributed by atoms with Crippen molar-refractivity contribution >= 4 is 11.6 Å². The molecule has 0 heterocycles. The second kappa shape index (κ2) is 6.76. The van der Waals surface area contributed by atoms with Gasteiger partial charge in [0.05, 0.1) is 0 Å². The maximum absolute atomic E-state index is 6.53. The minimum absolute atomic E-state index is 0.0954. The molecule has 0 aromatic heterocycles. The quantitative estimate of drug-likeness (QED) is 0.819. The molecule has 1 aromatic carbocycles. The van der Waals surface area contributed by atoms with Gasteiger partial charge in [-0.3, -0.25) is 0 Å². The van der Waals surface area contributed by atoms with Gasteiger partial charge in [-0.1, -0.05) is 51.4 Å². The highest BCUT2D eigenvalue weighted by atomic mass is 35.5. The molecule has 0 amide bonds. The molecule has 108 valence electrons. The van der Waals surface area contributed by atoms with Crippen LogP contribution in [-0.4, -0.2) is 6.04 Å². The van der Waals surface area contributed by atoms with Gasteiger partial charge in [0.1, 0.15) is 0 Å². The number of aryl methyl sites for hydroxylation is 2. The van der Waals surface area contributed by atoms with Crippen LogP contribution in [-0.2, 0) is 18.3 Å². The van der Waals surface area contributed by atoms with E-state index >= 15 is 0 Å². The van der Waals surface area contributed by atoms with E-state index in [0.29, 0.717) is 6.04 Å². The Kier molecular flexibility index (Phi) is 5.88. The Morgan fingerprint density at radius 1 is 1.26 bits per heavy atom. The molecule has 1 nitrogen and oxygen atoms in total. The molecule has 0 unspecified atom stereocenters. The minimum Gasteiger partial charge on any atom is -0.328 e. The van der Waals surface area contributed by atoms with E-state index in [9.17, 15) is 0 Å². The molecule has 0 spiro atoms. The van der Waals surface area contributed by atoms with Crippen molar-refractivity contribution in [3.05, 3.63) is 33.8 Å². The maximum atomic E-state index is 6.53. The topological polar surface area (TPSA) is 26.0 Å². The van der Waals surface area contributed by atoms with Crippen LogP contribution in [0.15, 0.2) is 12.1 Å². The van der Waals surface area contributed by atoms with E-state index in [-0.39, 0.29) is 5.41 Å². The molecule has 0 saturated heterocycles. The number of benzene rings is 1. The molecule has 0 fully saturated rings. The van der Waals surface area contributed by atoms with Gasteiger partial charge < -0.3 is 5.73 Å². The van der Waals surface area contributed by atoms with Crippen molar-refractivity contribution in [3.8, 4) is 0 Å². The van der Waals surface area contributed by atoms with Gasteiger partial charge in [0.2, 0.25) is 0 Å². The Balaban J connectivity index is 3.00. The highest BCUT2D eigenvalue weighted by molar-refractivity contribution is 6.32. The molecule has 0 saturated carbocycles. The molecule has 1 rings (SSSR count). The van der Waals surface area contributed by atoms with Crippen LogP contribution >= 0.6 is 11.6 Å². The predicted octanol–water partition coefficient (Wildman–Crippen LogP) is 4.87. The molecule has 0 aliphatic heterocycles. The third-order valence-corrected chi connectivity index (χ3v) is 3.97. The summed E-state index contributed by atoms with van der Waals surface area (Å²) in [6.45, 7) is 10.9. The average Bonchev–Trinajstić information content (AvgIpc) is 2.28. The molecule has 19 heavy (non-hydrogen) atoms. The molecule has 1 aromatic rings. The van der Waals surface area contributed by atoms with Gasteiger partial charge in [0.15, 0.2) is 0 Å². The van der Waals surface area contributed by atoms with Crippen molar-refractivity contribution in [2.45, 2.75) is 71.8 Å². The van der Waals surface area contributed by atoms with Gasteiger partial charge in [-0.25, -0.2) is 0 Å². The monoisotopic (exact) mass is 281 g/mol. The van der Waals surface area contributed by atoms with Crippen molar-refractivity contribution in [1.29, 1.82) is 0 Å². The molecule has 1 atom stereocenters. The lowest BCUT2D eigenvalue weighted by Crippen LogP contribution is -2.15. The van der Waals surface area contributed by atoms with E-state index in [0.717, 1.165) is 30.7 Å². The van der Waals surface area contributed by atoms with Crippen molar-refractivity contribution in [2.75, 3.05) is 0 Å². The van der Waals surface area contributed by atoms with Crippen LogP contribution in [0.3, 0.4) is 0 Å². The van der Waals surface area contributed by atoms with Crippen LogP contribution in [0, 0.1) is 0 Å². The van der Waals surface area contributed by atoms with Gasteiger partial charge in [-0.15, -0.1) is 0 Å². The van der Waals surface area contributed by atoms with Crippen LogP contribution in [0.4, 0.5) is 0 Å². The average molecular weight is 282 g/mol. The first-order chi connectivity index (χ1) is 8.75. The summed E-state index contributed by atoms with van der Waals surface area (Å²) in [5.41, 5.74) is 9.84. The Morgan fingerprint density at radius 3 is 2.37 bits per heavy atom. The Labute approximate surface area is 123 Å². The molecule has 0 bridgehead atoms. The highest BCUT2D eigenvalue weighted by Gasteiger charge is 2.20. The van der Waals surface area contributed by atoms with Gasteiger partial charge in [0, 0.05) is 11.1 Å². The number of hydrogen-bond acceptors (Lipinski definition) is 1. The van der Waals surface area contributed by atoms with Crippen LogP contribution in [0.2, 0.25) is 5.02 Å². The zero-order chi connectivity index (χ0) is 14.6. The van der Waals surface area contributed by atoms with E-state index in [1.165, 1.54) is 16.7 Å². The second-order valence-electron chi connectivity index (χ2n) is 6.59. The molecular weight excluding hydrogens is 254 g/mol. The number of hydrogen-bond donors (Lipinski definition) is 1. The number of rotatable bonds is 5. The van der Waals surface area contributed by atoms with Crippen molar-refractivity contribution in [1.82, 2.24) is 0 Å².